The molecule has 0 aromatic carbocycles. The van der Waals surface area contributed by atoms with Crippen LogP contribution in [0.15, 0.2) is 24.4 Å². The van der Waals surface area contributed by atoms with Crippen LogP contribution in [-0.4, -0.2) is 21.3 Å². The molecular formula is C16H24N4O. The van der Waals surface area contributed by atoms with E-state index in [0.29, 0.717) is 12.5 Å². The smallest absolute Gasteiger partial charge is 0.142 e. The fourth-order valence-electron chi connectivity index (χ4n) is 2.03. The zero-order valence-corrected chi connectivity index (χ0v) is 13.3. The molecule has 0 aliphatic heterocycles. The van der Waals surface area contributed by atoms with Gasteiger partial charge in [0.1, 0.15) is 12.4 Å². The lowest BCUT2D eigenvalue weighted by molar-refractivity contribution is 0.294. The summed E-state index contributed by atoms with van der Waals surface area (Å²) in [5.41, 5.74) is 2.87. The van der Waals surface area contributed by atoms with E-state index in [4.69, 9.17) is 4.74 Å². The summed E-state index contributed by atoms with van der Waals surface area (Å²) in [5.74, 6) is 1.44. The predicted molar refractivity (Wildman–Crippen MR) is 83.1 cm³/mol. The minimum atomic E-state index is 0.461. The Labute approximate surface area is 126 Å². The van der Waals surface area contributed by atoms with E-state index in [0.717, 1.165) is 35.9 Å². The number of aromatic nitrogens is 3. The minimum absolute atomic E-state index is 0.461. The SMILES string of the molecule is Cc1ccc(OCc2ccn(C)n2)c(CNCC(C)C)n1. The highest BCUT2D eigenvalue weighted by Gasteiger charge is 2.07. The second-order valence-corrected chi connectivity index (χ2v) is 5.69. The summed E-state index contributed by atoms with van der Waals surface area (Å²) in [4.78, 5) is 4.57. The molecule has 0 fully saturated rings. The average molecular weight is 288 g/mol. The van der Waals surface area contributed by atoms with Gasteiger partial charge in [0.2, 0.25) is 0 Å². The van der Waals surface area contributed by atoms with Crippen molar-refractivity contribution in [3.05, 3.63) is 41.5 Å². The normalized spacial score (nSPS) is 11.1. The molecule has 0 spiro atoms. The number of nitrogens with one attached hydrogen (secondary N) is 1. The molecule has 2 aromatic rings. The molecule has 2 heterocycles. The maximum Gasteiger partial charge on any atom is 0.142 e. The van der Waals surface area contributed by atoms with Crippen molar-refractivity contribution in [2.24, 2.45) is 13.0 Å². The molecule has 5 nitrogen and oxygen atoms in total. The van der Waals surface area contributed by atoms with Gasteiger partial charge < -0.3 is 10.1 Å². The van der Waals surface area contributed by atoms with Crippen molar-refractivity contribution in [2.75, 3.05) is 6.54 Å². The van der Waals surface area contributed by atoms with Crippen LogP contribution in [0.4, 0.5) is 0 Å². The molecule has 0 bridgehead atoms. The standard InChI is InChI=1S/C16H24N4O/c1-12(2)9-17-10-15-16(6-5-13(3)18-15)21-11-14-7-8-20(4)19-14/h5-8,12,17H,9-11H2,1-4H3. The van der Waals surface area contributed by atoms with E-state index in [1.54, 1.807) is 4.68 Å². The van der Waals surface area contributed by atoms with Crippen LogP contribution in [0.3, 0.4) is 0 Å². The van der Waals surface area contributed by atoms with Gasteiger partial charge in [0.15, 0.2) is 0 Å². The Kier molecular flexibility index (Phi) is 5.33. The molecule has 0 saturated heterocycles. The molecule has 0 aliphatic rings. The molecule has 0 saturated carbocycles. The summed E-state index contributed by atoms with van der Waals surface area (Å²) < 4.78 is 7.65. The van der Waals surface area contributed by atoms with Crippen molar-refractivity contribution < 1.29 is 4.74 Å². The molecule has 0 unspecified atom stereocenters. The molecule has 5 heteroatoms. The minimum Gasteiger partial charge on any atom is -0.485 e. The van der Waals surface area contributed by atoms with E-state index in [-0.39, 0.29) is 0 Å². The molecule has 0 atom stereocenters. The second kappa shape index (κ2) is 7.22. The first-order chi connectivity index (χ1) is 10.0. The maximum atomic E-state index is 5.87. The average Bonchev–Trinajstić information content (AvgIpc) is 2.83. The monoisotopic (exact) mass is 288 g/mol. The predicted octanol–water partition coefficient (Wildman–Crippen LogP) is 2.45. The van der Waals surface area contributed by atoms with Gasteiger partial charge in [-0.1, -0.05) is 13.8 Å². The molecular weight excluding hydrogens is 264 g/mol. The molecule has 21 heavy (non-hydrogen) atoms. The van der Waals surface area contributed by atoms with E-state index < -0.39 is 0 Å². The fraction of sp³-hybridized carbons (Fsp3) is 0.500. The van der Waals surface area contributed by atoms with Crippen molar-refractivity contribution in [1.82, 2.24) is 20.1 Å². The van der Waals surface area contributed by atoms with Crippen LogP contribution in [0.1, 0.15) is 30.9 Å². The summed E-state index contributed by atoms with van der Waals surface area (Å²) in [5, 5.41) is 7.72. The van der Waals surface area contributed by atoms with Gasteiger partial charge >= 0.3 is 0 Å². The molecule has 0 amide bonds. The first-order valence-electron chi connectivity index (χ1n) is 7.33. The Morgan fingerprint density at radius 3 is 2.76 bits per heavy atom. The third-order valence-electron chi connectivity index (χ3n) is 3.06. The topological polar surface area (TPSA) is 52.0 Å². The zero-order chi connectivity index (χ0) is 15.2. The van der Waals surface area contributed by atoms with Crippen LogP contribution in [0.25, 0.3) is 0 Å². The largest absolute Gasteiger partial charge is 0.485 e. The number of hydrogen-bond donors (Lipinski definition) is 1. The van der Waals surface area contributed by atoms with Gasteiger partial charge in [-0.05, 0) is 37.6 Å². The molecule has 0 radical (unpaired) electrons. The van der Waals surface area contributed by atoms with Crippen molar-refractivity contribution in [3.63, 3.8) is 0 Å². The van der Waals surface area contributed by atoms with Crippen LogP contribution in [0.2, 0.25) is 0 Å². The van der Waals surface area contributed by atoms with Crippen LogP contribution < -0.4 is 10.1 Å². The van der Waals surface area contributed by atoms with Crippen LogP contribution in [-0.2, 0) is 20.2 Å². The summed E-state index contributed by atoms with van der Waals surface area (Å²) in [7, 11) is 1.90. The maximum absolute atomic E-state index is 5.87. The number of ether oxygens (including phenoxy) is 1. The Morgan fingerprint density at radius 1 is 1.29 bits per heavy atom. The first kappa shape index (κ1) is 15.5. The Bertz CT molecular complexity index is 577. The summed E-state index contributed by atoms with van der Waals surface area (Å²) in [6.07, 6.45) is 1.91. The van der Waals surface area contributed by atoms with Gasteiger partial charge in [0.05, 0.1) is 11.4 Å². The van der Waals surface area contributed by atoms with Crippen LogP contribution in [0.5, 0.6) is 5.75 Å². The number of rotatable bonds is 7. The Hall–Kier alpha value is -1.88. The van der Waals surface area contributed by atoms with Crippen LogP contribution in [0, 0.1) is 12.8 Å². The summed E-state index contributed by atoms with van der Waals surface area (Å²) in [6.45, 7) is 8.52. The lowest BCUT2D eigenvalue weighted by Crippen LogP contribution is -2.20. The Morgan fingerprint density at radius 2 is 2.10 bits per heavy atom. The van der Waals surface area contributed by atoms with Crippen molar-refractivity contribution >= 4 is 0 Å². The van der Waals surface area contributed by atoms with Crippen molar-refractivity contribution in [2.45, 2.75) is 33.9 Å². The number of pyridine rings is 1. The number of nitrogens with zero attached hydrogens (tertiary/aromatic N) is 3. The number of aryl methyl sites for hydroxylation is 2. The highest BCUT2D eigenvalue weighted by Crippen LogP contribution is 2.18. The van der Waals surface area contributed by atoms with E-state index in [9.17, 15) is 0 Å². The van der Waals surface area contributed by atoms with E-state index >= 15 is 0 Å². The van der Waals surface area contributed by atoms with Crippen molar-refractivity contribution in [3.8, 4) is 5.75 Å². The number of hydrogen-bond acceptors (Lipinski definition) is 4. The highest BCUT2D eigenvalue weighted by molar-refractivity contribution is 5.29. The summed E-state index contributed by atoms with van der Waals surface area (Å²) in [6, 6.07) is 5.91. The van der Waals surface area contributed by atoms with Crippen LogP contribution >= 0.6 is 0 Å². The summed E-state index contributed by atoms with van der Waals surface area (Å²) >= 11 is 0. The van der Waals surface area contributed by atoms with Gasteiger partial charge in [-0.15, -0.1) is 0 Å². The molecule has 114 valence electrons. The van der Waals surface area contributed by atoms with E-state index in [2.05, 4.69) is 29.2 Å². The quantitative estimate of drug-likeness (QED) is 0.850. The Balaban J connectivity index is 2.00. The third-order valence-corrected chi connectivity index (χ3v) is 3.06. The third kappa shape index (κ3) is 4.86. The molecule has 0 aliphatic carbocycles. The molecule has 2 rings (SSSR count). The molecule has 1 N–H and O–H groups in total. The van der Waals surface area contributed by atoms with E-state index in [1.807, 2.05) is 38.4 Å². The molecule has 2 aromatic heterocycles. The van der Waals surface area contributed by atoms with Gasteiger partial charge in [-0.2, -0.15) is 5.10 Å². The lowest BCUT2D eigenvalue weighted by atomic mass is 10.2. The second-order valence-electron chi connectivity index (χ2n) is 5.69. The zero-order valence-electron chi connectivity index (χ0n) is 13.3. The lowest BCUT2D eigenvalue weighted by Gasteiger charge is -2.12. The van der Waals surface area contributed by atoms with Crippen molar-refractivity contribution in [1.29, 1.82) is 0 Å². The van der Waals surface area contributed by atoms with Gasteiger partial charge in [-0.3, -0.25) is 9.67 Å². The van der Waals surface area contributed by atoms with Gasteiger partial charge in [0, 0.05) is 25.5 Å². The highest BCUT2D eigenvalue weighted by atomic mass is 16.5. The van der Waals surface area contributed by atoms with E-state index in [1.165, 1.54) is 0 Å². The van der Waals surface area contributed by atoms with Gasteiger partial charge in [0.25, 0.3) is 0 Å². The fourth-order valence-corrected chi connectivity index (χ4v) is 2.03. The van der Waals surface area contributed by atoms with Gasteiger partial charge in [-0.25, -0.2) is 0 Å². The first-order valence-corrected chi connectivity index (χ1v) is 7.33.